The summed E-state index contributed by atoms with van der Waals surface area (Å²) >= 11 is 1.46. The fourth-order valence-electron chi connectivity index (χ4n) is 0.937. The Labute approximate surface area is 80.7 Å². The number of phenolic OH excluding ortho intramolecular Hbond substituents is 1. The van der Waals surface area contributed by atoms with Gasteiger partial charge < -0.3 is 9.84 Å². The second-order valence-corrected chi connectivity index (χ2v) is 3.29. The normalized spacial score (nSPS) is 9.69. The molecule has 0 atom stereocenters. The summed E-state index contributed by atoms with van der Waals surface area (Å²) in [4.78, 5) is 11.9. The summed E-state index contributed by atoms with van der Waals surface area (Å²) in [7, 11) is 1.31. The summed E-state index contributed by atoms with van der Waals surface area (Å²) in [6, 6.07) is 4.65. The number of thioether (sulfide) groups is 1. The largest absolute Gasteiger partial charge is 0.508 e. The van der Waals surface area contributed by atoms with Gasteiger partial charge in [-0.3, -0.25) is 0 Å². The molecule has 0 saturated heterocycles. The molecule has 3 nitrogen and oxygen atoms in total. The topological polar surface area (TPSA) is 46.5 Å². The van der Waals surface area contributed by atoms with Crippen molar-refractivity contribution in [3.8, 4) is 5.75 Å². The maximum Gasteiger partial charge on any atom is 0.338 e. The van der Waals surface area contributed by atoms with Crippen LogP contribution < -0.4 is 0 Å². The Morgan fingerprint density at radius 3 is 2.69 bits per heavy atom. The number of esters is 1. The van der Waals surface area contributed by atoms with Crippen LogP contribution in [0.25, 0.3) is 0 Å². The molecule has 0 amide bonds. The molecule has 13 heavy (non-hydrogen) atoms. The first-order valence-electron chi connectivity index (χ1n) is 3.63. The summed E-state index contributed by atoms with van der Waals surface area (Å²) in [6.45, 7) is 0. The number of aromatic hydroxyl groups is 1. The summed E-state index contributed by atoms with van der Waals surface area (Å²) in [6.07, 6.45) is 1.87. The van der Waals surface area contributed by atoms with Crippen molar-refractivity contribution >= 4 is 17.7 Å². The minimum atomic E-state index is -0.439. The van der Waals surface area contributed by atoms with Gasteiger partial charge in [-0.1, -0.05) is 0 Å². The van der Waals surface area contributed by atoms with Crippen molar-refractivity contribution in [2.75, 3.05) is 13.4 Å². The van der Waals surface area contributed by atoms with E-state index in [1.807, 2.05) is 6.26 Å². The van der Waals surface area contributed by atoms with Crippen molar-refractivity contribution in [2.24, 2.45) is 0 Å². The van der Waals surface area contributed by atoms with Crippen molar-refractivity contribution in [3.63, 3.8) is 0 Å². The molecule has 0 saturated carbocycles. The monoisotopic (exact) mass is 198 g/mol. The van der Waals surface area contributed by atoms with E-state index >= 15 is 0 Å². The Bertz CT molecular complexity index is 323. The Kier molecular flexibility index (Phi) is 3.19. The second-order valence-electron chi connectivity index (χ2n) is 2.41. The van der Waals surface area contributed by atoms with E-state index in [0.29, 0.717) is 5.56 Å². The highest BCUT2D eigenvalue weighted by Gasteiger charge is 2.07. The van der Waals surface area contributed by atoms with Crippen LogP contribution in [0.3, 0.4) is 0 Å². The number of carbonyl (C=O) groups is 1. The summed E-state index contributed by atoms with van der Waals surface area (Å²) in [5.74, 6) is -0.363. The van der Waals surface area contributed by atoms with Crippen molar-refractivity contribution in [3.05, 3.63) is 23.8 Å². The molecule has 1 aromatic carbocycles. The van der Waals surface area contributed by atoms with Gasteiger partial charge in [-0.15, -0.1) is 11.8 Å². The Morgan fingerprint density at radius 1 is 1.46 bits per heavy atom. The van der Waals surface area contributed by atoms with E-state index in [-0.39, 0.29) is 5.75 Å². The molecule has 0 aromatic heterocycles. The summed E-state index contributed by atoms with van der Waals surface area (Å²) in [5.41, 5.74) is 0.367. The van der Waals surface area contributed by atoms with E-state index in [1.54, 1.807) is 12.1 Å². The minimum Gasteiger partial charge on any atom is -0.508 e. The molecule has 0 unspecified atom stereocenters. The molecule has 1 N–H and O–H groups in total. The molecule has 4 heteroatoms. The highest BCUT2D eigenvalue weighted by Crippen LogP contribution is 2.22. The third-order valence-corrected chi connectivity index (χ3v) is 2.26. The lowest BCUT2D eigenvalue weighted by atomic mass is 10.2. The SMILES string of the molecule is COC(=O)c1cc(O)cc(SC)c1. The van der Waals surface area contributed by atoms with Crippen molar-refractivity contribution in [1.29, 1.82) is 0 Å². The van der Waals surface area contributed by atoms with Crippen LogP contribution >= 0.6 is 11.8 Å². The zero-order valence-corrected chi connectivity index (χ0v) is 8.22. The number of hydrogen-bond acceptors (Lipinski definition) is 4. The number of ether oxygens (including phenoxy) is 1. The van der Waals surface area contributed by atoms with E-state index in [2.05, 4.69) is 4.74 Å². The van der Waals surface area contributed by atoms with E-state index < -0.39 is 5.97 Å². The van der Waals surface area contributed by atoms with Gasteiger partial charge in [0, 0.05) is 4.90 Å². The Balaban J connectivity index is 3.08. The van der Waals surface area contributed by atoms with Crippen LogP contribution in [-0.4, -0.2) is 24.4 Å². The molecule has 0 aliphatic carbocycles. The van der Waals surface area contributed by atoms with Gasteiger partial charge in [0.2, 0.25) is 0 Å². The zero-order valence-electron chi connectivity index (χ0n) is 7.40. The van der Waals surface area contributed by atoms with Gasteiger partial charge in [-0.2, -0.15) is 0 Å². The number of benzene rings is 1. The number of rotatable bonds is 2. The average molecular weight is 198 g/mol. The van der Waals surface area contributed by atoms with Crippen LogP contribution in [-0.2, 0) is 4.74 Å². The third kappa shape index (κ3) is 2.39. The fraction of sp³-hybridized carbons (Fsp3) is 0.222. The smallest absolute Gasteiger partial charge is 0.338 e. The van der Waals surface area contributed by atoms with Gasteiger partial charge in [0.25, 0.3) is 0 Å². The third-order valence-electron chi connectivity index (χ3n) is 1.55. The standard InChI is InChI=1S/C9H10O3S/c1-12-9(11)6-3-7(10)5-8(4-6)13-2/h3-5,10H,1-2H3. The first-order chi connectivity index (χ1) is 6.17. The van der Waals surface area contributed by atoms with E-state index in [9.17, 15) is 9.90 Å². The van der Waals surface area contributed by atoms with E-state index in [1.165, 1.54) is 24.9 Å². The Morgan fingerprint density at radius 2 is 2.15 bits per heavy atom. The number of hydrogen-bond donors (Lipinski definition) is 1. The molecule has 0 heterocycles. The molecule has 0 spiro atoms. The molecular weight excluding hydrogens is 188 g/mol. The summed E-state index contributed by atoms with van der Waals surface area (Å²) in [5, 5.41) is 9.25. The molecule has 1 rings (SSSR count). The number of carbonyl (C=O) groups excluding carboxylic acids is 1. The molecule has 0 aliphatic rings. The van der Waals surface area contributed by atoms with Gasteiger partial charge in [0.05, 0.1) is 12.7 Å². The first-order valence-corrected chi connectivity index (χ1v) is 4.86. The minimum absolute atomic E-state index is 0.0762. The van der Waals surface area contributed by atoms with Crippen LogP contribution in [0.5, 0.6) is 5.75 Å². The molecule has 70 valence electrons. The maximum atomic E-state index is 11.1. The van der Waals surface area contributed by atoms with Crippen molar-refractivity contribution in [2.45, 2.75) is 4.90 Å². The highest BCUT2D eigenvalue weighted by molar-refractivity contribution is 7.98. The predicted octanol–water partition coefficient (Wildman–Crippen LogP) is 1.90. The van der Waals surface area contributed by atoms with Gasteiger partial charge >= 0.3 is 5.97 Å². The molecule has 1 aromatic rings. The zero-order chi connectivity index (χ0) is 9.84. The lowest BCUT2D eigenvalue weighted by molar-refractivity contribution is 0.0600. The van der Waals surface area contributed by atoms with Crippen molar-refractivity contribution in [1.82, 2.24) is 0 Å². The second kappa shape index (κ2) is 4.18. The molecule has 0 fully saturated rings. The van der Waals surface area contributed by atoms with Crippen LogP contribution in [0.2, 0.25) is 0 Å². The van der Waals surface area contributed by atoms with E-state index in [4.69, 9.17) is 0 Å². The van der Waals surface area contributed by atoms with Crippen LogP contribution in [0.4, 0.5) is 0 Å². The van der Waals surface area contributed by atoms with Crippen LogP contribution in [0.15, 0.2) is 23.1 Å². The maximum absolute atomic E-state index is 11.1. The molecule has 0 bridgehead atoms. The molecule has 0 aliphatic heterocycles. The lowest BCUT2D eigenvalue weighted by Gasteiger charge is -2.02. The highest BCUT2D eigenvalue weighted by atomic mass is 32.2. The number of methoxy groups -OCH3 is 1. The fourth-order valence-corrected chi connectivity index (χ4v) is 1.42. The van der Waals surface area contributed by atoms with Gasteiger partial charge in [0.1, 0.15) is 5.75 Å². The predicted molar refractivity (Wildman–Crippen MR) is 51.2 cm³/mol. The number of phenols is 1. The lowest BCUT2D eigenvalue weighted by Crippen LogP contribution is -2.00. The molecule has 0 radical (unpaired) electrons. The summed E-state index contributed by atoms with van der Waals surface area (Å²) < 4.78 is 4.53. The van der Waals surface area contributed by atoms with Crippen molar-refractivity contribution < 1.29 is 14.6 Å². The van der Waals surface area contributed by atoms with Gasteiger partial charge in [-0.25, -0.2) is 4.79 Å². The quantitative estimate of drug-likeness (QED) is 0.582. The average Bonchev–Trinajstić information content (AvgIpc) is 2.15. The van der Waals surface area contributed by atoms with Crippen LogP contribution in [0.1, 0.15) is 10.4 Å². The van der Waals surface area contributed by atoms with Crippen LogP contribution in [0, 0.1) is 0 Å². The van der Waals surface area contributed by atoms with E-state index in [0.717, 1.165) is 4.90 Å². The molecular formula is C9H10O3S. The van der Waals surface area contributed by atoms with Gasteiger partial charge in [-0.05, 0) is 24.5 Å². The first kappa shape index (κ1) is 9.92. The Hall–Kier alpha value is -1.16. The van der Waals surface area contributed by atoms with Gasteiger partial charge in [0.15, 0.2) is 0 Å².